The molecule has 0 radical (unpaired) electrons. The van der Waals surface area contributed by atoms with E-state index in [0.717, 1.165) is 21.9 Å². The summed E-state index contributed by atoms with van der Waals surface area (Å²) in [7, 11) is 0. The third-order valence-corrected chi connectivity index (χ3v) is 9.57. The van der Waals surface area contributed by atoms with Gasteiger partial charge in [0.2, 0.25) is 15.2 Å². The maximum Gasteiger partial charge on any atom is 1.00 e. The van der Waals surface area contributed by atoms with Crippen molar-refractivity contribution in [2.75, 3.05) is 0 Å². The Kier molecular flexibility index (Phi) is 10.6. The lowest BCUT2D eigenvalue weighted by Crippen LogP contribution is -2.74. The summed E-state index contributed by atoms with van der Waals surface area (Å²) in [6, 6.07) is 29.4. The van der Waals surface area contributed by atoms with Gasteiger partial charge < -0.3 is 0 Å². The van der Waals surface area contributed by atoms with Crippen LogP contribution in [-0.4, -0.2) is 6.15 Å². The standard InChI is InChI=1S/C28H16BCl12/c30-25(31,32)17-1-9-21(10-2-17)29(22-11-3-18(4-12-22)26(33,34)35,23-13-5-19(6-14-23)27(36,37)38)24-15-7-20(8-16-24)28(39,40)41/h1-16H/q-1/p+1. The largest absolute Gasteiger partial charge is 1.00 e. The molecule has 0 saturated heterocycles. The maximum absolute atomic E-state index is 6.18. The summed E-state index contributed by atoms with van der Waals surface area (Å²) in [5, 5.41) is 0. The van der Waals surface area contributed by atoms with Gasteiger partial charge in [0.1, 0.15) is 6.15 Å². The molecule has 0 nitrogen and oxygen atoms in total. The number of halogens is 12. The third kappa shape index (κ3) is 7.63. The SMILES string of the molecule is ClC(Cl)(Cl)c1ccc([B-](c2ccc(C(Cl)(Cl)Cl)cc2)(c2ccc(C(Cl)(Cl)Cl)cc2)c2ccc(C(Cl)(Cl)Cl)cc2)cc1.[H+]. The monoisotopic (exact) mass is 784 g/mol. The zero-order valence-electron chi connectivity index (χ0n) is 21.4. The van der Waals surface area contributed by atoms with Gasteiger partial charge in [-0.15, -0.1) is 0 Å². The third-order valence-electron chi connectivity index (χ3n) is 6.95. The summed E-state index contributed by atoms with van der Waals surface area (Å²) in [6.45, 7) is 0. The minimum Gasteiger partial charge on any atom is -0.195 e. The molecule has 4 rings (SSSR count). The Morgan fingerprint density at radius 3 is 0.561 bits per heavy atom. The van der Waals surface area contributed by atoms with E-state index >= 15 is 0 Å². The van der Waals surface area contributed by atoms with E-state index in [0.29, 0.717) is 22.3 Å². The molecule has 4 aromatic rings. The zero-order chi connectivity index (χ0) is 30.4. The van der Waals surface area contributed by atoms with Gasteiger partial charge in [0.05, 0.1) is 0 Å². The van der Waals surface area contributed by atoms with Crippen LogP contribution in [0.1, 0.15) is 23.7 Å². The second-order valence-electron chi connectivity index (χ2n) is 9.35. The molecule has 0 saturated carbocycles. The molecule has 0 aliphatic rings. The highest BCUT2D eigenvalue weighted by Crippen LogP contribution is 2.40. The first-order chi connectivity index (χ1) is 18.8. The van der Waals surface area contributed by atoms with Gasteiger partial charge in [-0.05, 0) is 0 Å². The van der Waals surface area contributed by atoms with Crippen molar-refractivity contribution < 1.29 is 1.43 Å². The van der Waals surface area contributed by atoms with Gasteiger partial charge in [0.15, 0.2) is 0 Å². The van der Waals surface area contributed by atoms with Gasteiger partial charge in [-0.3, -0.25) is 0 Å². The highest BCUT2D eigenvalue weighted by molar-refractivity contribution is 7.19. The fraction of sp³-hybridized carbons (Fsp3) is 0.143. The molecule has 216 valence electrons. The average molecular weight is 790 g/mol. The molecule has 0 aromatic heterocycles. The van der Waals surface area contributed by atoms with Crippen LogP contribution in [0.3, 0.4) is 0 Å². The first-order valence-electron chi connectivity index (χ1n) is 11.7. The molecular weight excluding hydrogens is 773 g/mol. The van der Waals surface area contributed by atoms with Gasteiger partial charge in [0, 0.05) is 22.3 Å². The van der Waals surface area contributed by atoms with E-state index in [2.05, 4.69) is 0 Å². The van der Waals surface area contributed by atoms with Crippen molar-refractivity contribution >= 4 is 167 Å². The Morgan fingerprint density at radius 2 is 0.439 bits per heavy atom. The average Bonchev–Trinajstić information content (AvgIpc) is 2.88. The highest BCUT2D eigenvalue weighted by Gasteiger charge is 2.35. The van der Waals surface area contributed by atoms with Gasteiger partial charge in [-0.1, -0.05) is 236 Å². The van der Waals surface area contributed by atoms with Crippen LogP contribution in [0.4, 0.5) is 0 Å². The summed E-state index contributed by atoms with van der Waals surface area (Å²) in [6.07, 6.45) is -1.95. The Labute approximate surface area is 300 Å². The first kappa shape index (κ1) is 34.3. The molecule has 4 aromatic carbocycles. The van der Waals surface area contributed by atoms with Crippen molar-refractivity contribution in [3.05, 3.63) is 119 Å². The van der Waals surface area contributed by atoms with Gasteiger partial charge >= 0.3 is 1.43 Å². The molecule has 13 heteroatoms. The number of benzene rings is 4. The molecule has 41 heavy (non-hydrogen) atoms. The Balaban J connectivity index is 0.00000484. The highest BCUT2D eigenvalue weighted by atomic mass is 35.6. The first-order valence-corrected chi connectivity index (χ1v) is 16.2. The Morgan fingerprint density at radius 1 is 0.293 bits per heavy atom. The molecule has 0 heterocycles. The van der Waals surface area contributed by atoms with Crippen molar-refractivity contribution in [2.24, 2.45) is 0 Å². The fourth-order valence-corrected chi connectivity index (χ4v) is 6.51. The second kappa shape index (κ2) is 12.7. The summed E-state index contributed by atoms with van der Waals surface area (Å²) < 4.78 is -6.45. The number of hydrogen-bond acceptors (Lipinski definition) is 0. The Hall–Kier alpha value is 0.425. The zero-order valence-corrected chi connectivity index (χ0v) is 29.4. The van der Waals surface area contributed by atoms with E-state index in [9.17, 15) is 0 Å². The quantitative estimate of drug-likeness (QED) is 0.143. The lowest BCUT2D eigenvalue weighted by atomic mass is 9.13. The van der Waals surface area contributed by atoms with Crippen LogP contribution in [0.2, 0.25) is 0 Å². The summed E-state index contributed by atoms with van der Waals surface area (Å²) in [4.78, 5) is 0. The van der Waals surface area contributed by atoms with Crippen LogP contribution in [0, 0.1) is 0 Å². The molecule has 0 amide bonds. The van der Waals surface area contributed by atoms with Crippen LogP contribution in [0.15, 0.2) is 97.1 Å². The van der Waals surface area contributed by atoms with Gasteiger partial charge in [0.25, 0.3) is 0 Å². The molecule has 0 fully saturated rings. The van der Waals surface area contributed by atoms with Crippen molar-refractivity contribution in [3.8, 4) is 0 Å². The number of hydrogen-bond donors (Lipinski definition) is 0. The summed E-state index contributed by atoms with van der Waals surface area (Å²) >= 11 is 74.2. The lowest BCUT2D eigenvalue weighted by molar-refractivity contribution is 1.24. The lowest BCUT2D eigenvalue weighted by Gasteiger charge is -2.45. The second-order valence-corrected chi connectivity index (χ2v) is 18.5. The minimum absolute atomic E-state index is 0. The van der Waals surface area contributed by atoms with E-state index < -0.39 is 21.3 Å². The number of alkyl halides is 12. The predicted molar refractivity (Wildman–Crippen MR) is 188 cm³/mol. The van der Waals surface area contributed by atoms with Crippen LogP contribution in [0.25, 0.3) is 0 Å². The molecule has 0 bridgehead atoms. The van der Waals surface area contributed by atoms with Gasteiger partial charge in [-0.2, -0.15) is 21.9 Å². The van der Waals surface area contributed by atoms with Crippen LogP contribution < -0.4 is 21.9 Å². The molecule has 0 aliphatic carbocycles. The van der Waals surface area contributed by atoms with E-state index in [1.807, 2.05) is 48.5 Å². The minimum atomic E-state index is -1.95. The van der Waals surface area contributed by atoms with E-state index in [1.54, 1.807) is 48.5 Å². The van der Waals surface area contributed by atoms with Gasteiger partial charge in [-0.25, -0.2) is 0 Å². The molecule has 0 aliphatic heterocycles. The van der Waals surface area contributed by atoms with E-state index in [1.165, 1.54) is 0 Å². The van der Waals surface area contributed by atoms with E-state index in [4.69, 9.17) is 139 Å². The normalized spacial score (nSPS) is 13.4. The van der Waals surface area contributed by atoms with Crippen molar-refractivity contribution in [2.45, 2.75) is 15.2 Å². The predicted octanol–water partition coefficient (Wildman–Crippen LogP) is 10.5. The van der Waals surface area contributed by atoms with Crippen LogP contribution in [0.5, 0.6) is 0 Å². The smallest absolute Gasteiger partial charge is 0.195 e. The van der Waals surface area contributed by atoms with Crippen molar-refractivity contribution in [1.29, 1.82) is 0 Å². The topological polar surface area (TPSA) is 0 Å². The molecule has 0 unspecified atom stereocenters. The summed E-state index contributed by atoms with van der Waals surface area (Å²) in [5.74, 6) is 0. The van der Waals surface area contributed by atoms with Crippen molar-refractivity contribution in [1.82, 2.24) is 0 Å². The maximum atomic E-state index is 6.18. The Bertz CT molecular complexity index is 1250. The number of rotatable bonds is 4. The van der Waals surface area contributed by atoms with Crippen LogP contribution in [-0.2, 0) is 15.2 Å². The van der Waals surface area contributed by atoms with E-state index in [-0.39, 0.29) is 1.43 Å². The molecule has 0 atom stereocenters. The summed E-state index contributed by atoms with van der Waals surface area (Å²) in [5.41, 5.74) is 5.53. The fourth-order valence-electron chi connectivity index (χ4n) is 5.00. The molecular formula is C28H17BCl12. The molecule has 0 N–H and O–H groups in total. The molecule has 0 spiro atoms. The van der Waals surface area contributed by atoms with Crippen LogP contribution >= 0.6 is 139 Å². The van der Waals surface area contributed by atoms with Crippen molar-refractivity contribution in [3.63, 3.8) is 0 Å².